The Morgan fingerprint density at radius 1 is 0.962 bits per heavy atom. The zero-order valence-electron chi connectivity index (χ0n) is 28.5. The molecular formula is C36H36FN11O4. The Morgan fingerprint density at radius 2 is 1.71 bits per heavy atom. The van der Waals surface area contributed by atoms with Gasteiger partial charge in [-0.3, -0.25) is 19.4 Å². The average Bonchev–Trinajstić information content (AvgIpc) is 3.52. The quantitative estimate of drug-likeness (QED) is 0.147. The number of aromatic amines is 1. The van der Waals surface area contributed by atoms with E-state index in [1.807, 2.05) is 35.2 Å². The molecule has 6 rings (SSSR count). The number of carboxylic acids is 1. The van der Waals surface area contributed by atoms with E-state index in [2.05, 4.69) is 40.5 Å². The second-order valence-electron chi connectivity index (χ2n) is 12.4. The van der Waals surface area contributed by atoms with Gasteiger partial charge in [0.25, 0.3) is 0 Å². The molecule has 16 heteroatoms. The van der Waals surface area contributed by atoms with Crippen molar-refractivity contribution < 1.29 is 23.9 Å². The number of carbonyl (C=O) groups is 3. The van der Waals surface area contributed by atoms with Crippen LogP contribution in [0.5, 0.6) is 0 Å². The van der Waals surface area contributed by atoms with Gasteiger partial charge in [0, 0.05) is 58.7 Å². The van der Waals surface area contributed by atoms with Gasteiger partial charge in [-0.2, -0.15) is 20.2 Å². The molecule has 1 aliphatic rings. The fourth-order valence-corrected chi connectivity index (χ4v) is 5.85. The largest absolute Gasteiger partial charge is 0.480 e. The highest BCUT2D eigenvalue weighted by atomic mass is 19.1. The summed E-state index contributed by atoms with van der Waals surface area (Å²) in [5.74, 6) is -1.78. The van der Waals surface area contributed by atoms with E-state index >= 15 is 0 Å². The van der Waals surface area contributed by atoms with Crippen LogP contribution in [0.25, 0.3) is 11.0 Å². The van der Waals surface area contributed by atoms with E-state index in [1.54, 1.807) is 31.2 Å². The number of amides is 2. The molecular weight excluding hydrogens is 669 g/mol. The van der Waals surface area contributed by atoms with E-state index < -0.39 is 23.7 Å². The summed E-state index contributed by atoms with van der Waals surface area (Å²) in [6.45, 7) is 6.28. The van der Waals surface area contributed by atoms with Crippen molar-refractivity contribution in [1.29, 1.82) is 5.26 Å². The van der Waals surface area contributed by atoms with Crippen molar-refractivity contribution in [2.75, 3.05) is 41.7 Å². The predicted octanol–water partition coefficient (Wildman–Crippen LogP) is 3.83. The van der Waals surface area contributed by atoms with Gasteiger partial charge in [0.15, 0.2) is 0 Å². The van der Waals surface area contributed by atoms with Crippen LogP contribution >= 0.6 is 0 Å². The Bertz CT molecular complexity index is 2140. The number of nitrogens with one attached hydrogen (secondary N) is 3. The first-order valence-electron chi connectivity index (χ1n) is 16.5. The molecule has 52 heavy (non-hydrogen) atoms. The van der Waals surface area contributed by atoms with E-state index in [4.69, 9.17) is 5.26 Å². The third kappa shape index (κ3) is 8.81. The monoisotopic (exact) mass is 705 g/mol. The van der Waals surface area contributed by atoms with Crippen LogP contribution in [0.3, 0.4) is 0 Å². The van der Waals surface area contributed by atoms with E-state index in [1.165, 1.54) is 30.0 Å². The minimum atomic E-state index is -1.18. The Morgan fingerprint density at radius 3 is 2.40 bits per heavy atom. The first kappa shape index (κ1) is 35.4. The lowest BCUT2D eigenvalue weighted by Gasteiger charge is -2.34. The van der Waals surface area contributed by atoms with Crippen molar-refractivity contribution in [3.8, 4) is 6.07 Å². The number of aromatic nitrogens is 5. The van der Waals surface area contributed by atoms with Crippen molar-refractivity contribution in [3.63, 3.8) is 0 Å². The van der Waals surface area contributed by atoms with Crippen molar-refractivity contribution in [2.24, 2.45) is 0 Å². The number of H-pyrrole nitrogens is 1. The highest BCUT2D eigenvalue weighted by molar-refractivity contribution is 5.90. The van der Waals surface area contributed by atoms with Gasteiger partial charge in [-0.1, -0.05) is 24.3 Å². The number of imidazole rings is 1. The maximum atomic E-state index is 13.9. The number of carboxylic acid groups (broad SMARTS) is 1. The van der Waals surface area contributed by atoms with Crippen molar-refractivity contribution in [1.82, 2.24) is 34.7 Å². The van der Waals surface area contributed by atoms with Crippen LogP contribution < -0.4 is 15.5 Å². The number of anilines is 4. The lowest BCUT2D eigenvalue weighted by atomic mass is 10.0. The number of benzene rings is 3. The molecule has 0 saturated carbocycles. The minimum Gasteiger partial charge on any atom is -0.480 e. The van der Waals surface area contributed by atoms with Gasteiger partial charge in [-0.25, -0.2) is 14.2 Å². The lowest BCUT2D eigenvalue weighted by Crippen LogP contribution is -2.47. The molecule has 1 aliphatic heterocycles. The summed E-state index contributed by atoms with van der Waals surface area (Å²) >= 11 is 0. The van der Waals surface area contributed by atoms with E-state index in [0.717, 1.165) is 18.7 Å². The summed E-state index contributed by atoms with van der Waals surface area (Å²) in [6, 6.07) is 19.2. The van der Waals surface area contributed by atoms with Crippen LogP contribution in [0.15, 0.2) is 66.7 Å². The Balaban J connectivity index is 1.29. The number of hydrogen-bond donors (Lipinski definition) is 4. The molecule has 4 N–H and O–H groups in total. The number of hydrogen-bond acceptors (Lipinski definition) is 11. The van der Waals surface area contributed by atoms with Gasteiger partial charge in [-0.15, -0.1) is 0 Å². The molecule has 1 saturated heterocycles. The topological polar surface area (TPSA) is 196 Å². The molecule has 3 heterocycles. The molecule has 1 atom stereocenters. The van der Waals surface area contributed by atoms with Gasteiger partial charge in [0.05, 0.1) is 29.2 Å². The molecule has 2 aromatic heterocycles. The van der Waals surface area contributed by atoms with Crippen molar-refractivity contribution >= 4 is 52.3 Å². The van der Waals surface area contributed by atoms with Crippen LogP contribution in [0.1, 0.15) is 36.4 Å². The maximum absolute atomic E-state index is 13.9. The molecule has 5 aromatic rings. The van der Waals surface area contributed by atoms with Gasteiger partial charge in [-0.05, 0) is 53.6 Å². The van der Waals surface area contributed by atoms with Gasteiger partial charge in [0.1, 0.15) is 17.7 Å². The van der Waals surface area contributed by atoms with Crippen LogP contribution in [-0.4, -0.2) is 89.8 Å². The Labute approximate surface area is 298 Å². The van der Waals surface area contributed by atoms with Gasteiger partial charge >= 0.3 is 5.97 Å². The molecule has 0 unspecified atom stereocenters. The SMILES string of the molecule is CC(=O)N1CCN(Cc2cccc(Nc3nc(N[C@@H](Cc4ccc(C#N)cc4)C(=O)O)nc(N(Cc4nc5ccc(F)cc5[nH]4)C(C)=O)n3)c2)CC1. The van der Waals surface area contributed by atoms with Crippen molar-refractivity contribution in [2.45, 2.75) is 39.4 Å². The summed E-state index contributed by atoms with van der Waals surface area (Å²) in [6.07, 6.45) is 0.0412. The smallest absolute Gasteiger partial charge is 0.326 e. The fraction of sp³-hybridized carbons (Fsp3) is 0.278. The molecule has 3 aromatic carbocycles. The number of nitriles is 1. The predicted molar refractivity (Wildman–Crippen MR) is 190 cm³/mol. The minimum absolute atomic E-state index is 0.0412. The summed E-state index contributed by atoms with van der Waals surface area (Å²) in [5, 5.41) is 25.3. The molecule has 1 fully saturated rings. The van der Waals surface area contributed by atoms with Gasteiger partial charge in [0.2, 0.25) is 29.7 Å². The third-order valence-corrected chi connectivity index (χ3v) is 8.58. The number of halogens is 1. The first-order chi connectivity index (χ1) is 25.0. The molecule has 0 spiro atoms. The van der Waals surface area contributed by atoms with Crippen LogP contribution in [-0.2, 0) is 33.9 Å². The number of aliphatic carboxylic acids is 1. The summed E-state index contributed by atoms with van der Waals surface area (Å²) in [4.78, 5) is 63.5. The maximum Gasteiger partial charge on any atom is 0.326 e. The first-order valence-corrected chi connectivity index (χ1v) is 16.5. The Kier molecular flexibility index (Phi) is 10.6. The fourth-order valence-electron chi connectivity index (χ4n) is 5.85. The summed E-state index contributed by atoms with van der Waals surface area (Å²) in [5.41, 5.74) is 3.72. The molecule has 2 amide bonds. The van der Waals surface area contributed by atoms with Crippen LogP contribution in [0.2, 0.25) is 0 Å². The lowest BCUT2D eigenvalue weighted by molar-refractivity contribution is -0.138. The standard InChI is InChI=1S/C36H36FN11O4/c1-22(49)47-14-12-46(13-15-47)20-26-4-3-5-28(16-26)39-34-43-35(42-31(33(51)52)17-24-6-8-25(19-38)9-7-24)45-36(44-34)48(23(2)50)21-32-40-29-11-10-27(37)18-30(29)41-32/h3-11,16,18,31H,12-15,17,20-21H2,1-2H3,(H,40,41)(H,51,52)(H2,39,42,43,44,45)/t31-/m0/s1. The van der Waals surface area contributed by atoms with Crippen molar-refractivity contribution in [3.05, 3.63) is 95.1 Å². The number of nitrogens with zero attached hydrogens (tertiary/aromatic N) is 8. The zero-order valence-corrected chi connectivity index (χ0v) is 28.5. The number of fused-ring (bicyclic) bond motifs is 1. The number of carbonyl (C=O) groups excluding carboxylic acids is 2. The van der Waals surface area contributed by atoms with Crippen LogP contribution in [0.4, 0.5) is 27.9 Å². The molecule has 15 nitrogen and oxygen atoms in total. The second kappa shape index (κ2) is 15.6. The normalized spacial score (nSPS) is 13.7. The molecule has 266 valence electrons. The Hall–Kier alpha value is -6.47. The molecule has 0 aliphatic carbocycles. The van der Waals surface area contributed by atoms with E-state index in [9.17, 15) is 23.9 Å². The van der Waals surface area contributed by atoms with E-state index in [0.29, 0.717) is 53.3 Å². The third-order valence-electron chi connectivity index (χ3n) is 8.58. The van der Waals surface area contributed by atoms with E-state index in [-0.39, 0.29) is 36.7 Å². The highest BCUT2D eigenvalue weighted by Crippen LogP contribution is 2.23. The zero-order chi connectivity index (χ0) is 36.8. The van der Waals surface area contributed by atoms with Crippen LogP contribution in [0, 0.1) is 17.1 Å². The highest BCUT2D eigenvalue weighted by Gasteiger charge is 2.24. The summed E-state index contributed by atoms with van der Waals surface area (Å²) < 4.78 is 13.9. The molecule has 0 bridgehead atoms. The summed E-state index contributed by atoms with van der Waals surface area (Å²) in [7, 11) is 0. The average molecular weight is 706 g/mol. The number of piperazine rings is 1. The second-order valence-corrected chi connectivity index (χ2v) is 12.4. The molecule has 0 radical (unpaired) electrons. The number of rotatable bonds is 12. The van der Waals surface area contributed by atoms with Gasteiger partial charge < -0.3 is 25.6 Å².